The molecule has 3 aromatic carbocycles. The van der Waals surface area contributed by atoms with Gasteiger partial charge in [-0.2, -0.15) is 0 Å². The van der Waals surface area contributed by atoms with E-state index < -0.39 is 0 Å². The molecule has 0 bridgehead atoms. The minimum absolute atomic E-state index is 0.326. The van der Waals surface area contributed by atoms with E-state index in [1.807, 2.05) is 53.1 Å². The predicted octanol–water partition coefficient (Wildman–Crippen LogP) is 5.76. The Kier molecular flexibility index (Phi) is 6.57. The van der Waals surface area contributed by atoms with Crippen molar-refractivity contribution in [1.82, 2.24) is 14.8 Å². The minimum Gasteiger partial charge on any atom is -0.497 e. The van der Waals surface area contributed by atoms with Crippen LogP contribution in [0.15, 0.2) is 78.0 Å². The van der Waals surface area contributed by atoms with Crippen LogP contribution in [0.3, 0.4) is 0 Å². The molecule has 0 unspecified atom stereocenters. The molecular weight excluding hydrogens is 406 g/mol. The van der Waals surface area contributed by atoms with Gasteiger partial charge in [0, 0.05) is 11.4 Å². The Morgan fingerprint density at radius 2 is 1.58 bits per heavy atom. The highest BCUT2D eigenvalue weighted by Crippen LogP contribution is 2.27. The van der Waals surface area contributed by atoms with Gasteiger partial charge in [0.25, 0.3) is 0 Å². The monoisotopic (exact) mass is 431 g/mol. The molecule has 0 spiro atoms. The Morgan fingerprint density at radius 1 is 0.839 bits per heavy atom. The fourth-order valence-corrected chi connectivity index (χ4v) is 4.12. The fourth-order valence-electron chi connectivity index (χ4n) is 3.21. The van der Waals surface area contributed by atoms with Crippen molar-refractivity contribution in [2.45, 2.75) is 31.4 Å². The molecule has 0 fully saturated rings. The van der Waals surface area contributed by atoms with Crippen molar-refractivity contribution >= 4 is 11.8 Å². The van der Waals surface area contributed by atoms with Crippen molar-refractivity contribution in [2.75, 3.05) is 7.11 Å². The standard InChI is InChI=1S/C25H25N3O2S/c1-18-7-11-23(12-8-18)30-16-24-26-27-25(31-17-20-6-4-5-19(2)15-20)28(24)21-9-13-22(29-3)14-10-21/h4-15H,16-17H2,1-3H3. The Bertz CT molecular complexity index is 1140. The van der Waals surface area contributed by atoms with Gasteiger partial charge < -0.3 is 9.47 Å². The lowest BCUT2D eigenvalue weighted by Gasteiger charge is -2.12. The highest BCUT2D eigenvalue weighted by atomic mass is 32.2. The zero-order valence-electron chi connectivity index (χ0n) is 17.9. The average Bonchev–Trinajstić information content (AvgIpc) is 3.20. The van der Waals surface area contributed by atoms with Crippen LogP contribution in [0.2, 0.25) is 0 Å². The number of hydrogen-bond donors (Lipinski definition) is 0. The number of ether oxygens (including phenoxy) is 2. The summed E-state index contributed by atoms with van der Waals surface area (Å²) in [7, 11) is 1.66. The number of aromatic nitrogens is 3. The van der Waals surface area contributed by atoms with Crippen LogP contribution in [0.25, 0.3) is 5.69 Å². The van der Waals surface area contributed by atoms with E-state index in [1.165, 1.54) is 16.7 Å². The van der Waals surface area contributed by atoms with Crippen molar-refractivity contribution in [2.24, 2.45) is 0 Å². The first-order chi connectivity index (χ1) is 15.1. The van der Waals surface area contributed by atoms with Crippen LogP contribution in [0.5, 0.6) is 11.5 Å². The van der Waals surface area contributed by atoms with Crippen LogP contribution in [0.1, 0.15) is 22.5 Å². The maximum Gasteiger partial charge on any atom is 0.196 e. The third-order valence-corrected chi connectivity index (χ3v) is 5.87. The van der Waals surface area contributed by atoms with E-state index in [4.69, 9.17) is 9.47 Å². The highest BCUT2D eigenvalue weighted by Gasteiger charge is 2.16. The molecule has 5 nitrogen and oxygen atoms in total. The lowest BCUT2D eigenvalue weighted by Crippen LogP contribution is -2.06. The molecule has 0 saturated carbocycles. The first kappa shape index (κ1) is 21.0. The van der Waals surface area contributed by atoms with Gasteiger partial charge in [-0.25, -0.2) is 0 Å². The fraction of sp³-hybridized carbons (Fsp3) is 0.200. The zero-order chi connectivity index (χ0) is 21.6. The van der Waals surface area contributed by atoms with Crippen molar-refractivity contribution in [3.63, 3.8) is 0 Å². The van der Waals surface area contributed by atoms with Gasteiger partial charge in [-0.1, -0.05) is 59.3 Å². The molecule has 1 aromatic heterocycles. The smallest absolute Gasteiger partial charge is 0.196 e. The number of benzene rings is 3. The van der Waals surface area contributed by atoms with E-state index in [2.05, 4.69) is 48.3 Å². The Hall–Kier alpha value is -3.25. The Balaban J connectivity index is 1.59. The van der Waals surface area contributed by atoms with Crippen molar-refractivity contribution in [3.05, 3.63) is 95.3 Å². The summed E-state index contributed by atoms with van der Waals surface area (Å²) in [6.07, 6.45) is 0. The highest BCUT2D eigenvalue weighted by molar-refractivity contribution is 7.98. The Morgan fingerprint density at radius 3 is 2.29 bits per heavy atom. The van der Waals surface area contributed by atoms with Gasteiger partial charge >= 0.3 is 0 Å². The topological polar surface area (TPSA) is 49.2 Å². The molecule has 0 saturated heterocycles. The third kappa shape index (κ3) is 5.27. The minimum atomic E-state index is 0.326. The van der Waals surface area contributed by atoms with E-state index in [9.17, 15) is 0 Å². The quantitative estimate of drug-likeness (QED) is 0.332. The molecule has 0 aliphatic carbocycles. The van der Waals surface area contributed by atoms with Gasteiger partial charge in [-0.05, 0) is 55.8 Å². The van der Waals surface area contributed by atoms with E-state index in [0.717, 1.165) is 33.9 Å². The molecule has 4 rings (SSSR count). The molecule has 0 atom stereocenters. The van der Waals surface area contributed by atoms with Crippen LogP contribution in [0.4, 0.5) is 0 Å². The first-order valence-electron chi connectivity index (χ1n) is 10.1. The van der Waals surface area contributed by atoms with Gasteiger partial charge in [0.1, 0.15) is 18.1 Å². The summed E-state index contributed by atoms with van der Waals surface area (Å²) in [5.41, 5.74) is 4.68. The lowest BCUT2D eigenvalue weighted by atomic mass is 10.2. The average molecular weight is 432 g/mol. The molecule has 0 amide bonds. The first-order valence-corrected chi connectivity index (χ1v) is 11.1. The zero-order valence-corrected chi connectivity index (χ0v) is 18.7. The van der Waals surface area contributed by atoms with Crippen LogP contribution < -0.4 is 9.47 Å². The summed E-state index contributed by atoms with van der Waals surface area (Å²) in [5.74, 6) is 3.18. The number of nitrogens with zero attached hydrogens (tertiary/aromatic N) is 3. The molecule has 0 aliphatic heterocycles. The molecule has 1 heterocycles. The van der Waals surface area contributed by atoms with Gasteiger partial charge in [-0.15, -0.1) is 10.2 Å². The second-order valence-electron chi connectivity index (χ2n) is 7.31. The lowest BCUT2D eigenvalue weighted by molar-refractivity contribution is 0.292. The van der Waals surface area contributed by atoms with Gasteiger partial charge in [0.05, 0.1) is 7.11 Å². The summed E-state index contributed by atoms with van der Waals surface area (Å²) < 4.78 is 13.3. The van der Waals surface area contributed by atoms with Crippen LogP contribution >= 0.6 is 11.8 Å². The van der Waals surface area contributed by atoms with Gasteiger partial charge in [-0.3, -0.25) is 4.57 Å². The molecule has 31 heavy (non-hydrogen) atoms. The van der Waals surface area contributed by atoms with Crippen LogP contribution in [0, 0.1) is 13.8 Å². The van der Waals surface area contributed by atoms with E-state index in [-0.39, 0.29) is 0 Å². The maximum absolute atomic E-state index is 5.99. The summed E-state index contributed by atoms with van der Waals surface area (Å²) in [6, 6.07) is 24.4. The maximum atomic E-state index is 5.99. The van der Waals surface area contributed by atoms with Crippen LogP contribution in [-0.4, -0.2) is 21.9 Å². The summed E-state index contributed by atoms with van der Waals surface area (Å²) in [4.78, 5) is 0. The SMILES string of the molecule is COc1ccc(-n2c(COc3ccc(C)cc3)nnc2SCc2cccc(C)c2)cc1. The van der Waals surface area contributed by atoms with E-state index in [1.54, 1.807) is 18.9 Å². The van der Waals surface area contributed by atoms with Crippen molar-refractivity contribution in [3.8, 4) is 17.2 Å². The normalized spacial score (nSPS) is 10.8. The molecule has 0 N–H and O–H groups in total. The number of rotatable bonds is 8. The summed E-state index contributed by atoms with van der Waals surface area (Å²) in [5, 5.41) is 9.73. The van der Waals surface area contributed by atoms with Crippen molar-refractivity contribution in [1.29, 1.82) is 0 Å². The van der Waals surface area contributed by atoms with Gasteiger partial charge in [0.2, 0.25) is 0 Å². The second kappa shape index (κ2) is 9.71. The van der Waals surface area contributed by atoms with Crippen molar-refractivity contribution < 1.29 is 9.47 Å². The molecular formula is C25H25N3O2S. The number of methoxy groups -OCH3 is 1. The molecule has 6 heteroatoms. The number of hydrogen-bond acceptors (Lipinski definition) is 5. The van der Waals surface area contributed by atoms with E-state index >= 15 is 0 Å². The second-order valence-corrected chi connectivity index (χ2v) is 8.25. The van der Waals surface area contributed by atoms with E-state index in [0.29, 0.717) is 6.61 Å². The summed E-state index contributed by atoms with van der Waals surface area (Å²) in [6.45, 7) is 4.49. The molecule has 4 aromatic rings. The molecule has 158 valence electrons. The Labute approximate surface area is 187 Å². The van der Waals surface area contributed by atoms with Gasteiger partial charge in [0.15, 0.2) is 11.0 Å². The summed E-state index contributed by atoms with van der Waals surface area (Å²) >= 11 is 1.66. The molecule has 0 aliphatic rings. The largest absolute Gasteiger partial charge is 0.497 e. The third-order valence-electron chi connectivity index (χ3n) is 4.87. The number of thioether (sulfide) groups is 1. The predicted molar refractivity (Wildman–Crippen MR) is 124 cm³/mol. The number of aryl methyl sites for hydroxylation is 2. The van der Waals surface area contributed by atoms with Crippen LogP contribution in [-0.2, 0) is 12.4 Å². The molecule has 0 radical (unpaired) electrons.